The van der Waals surface area contributed by atoms with Gasteiger partial charge in [0.05, 0.1) is 0 Å². The summed E-state index contributed by atoms with van der Waals surface area (Å²) in [5.74, 6) is 4.09. The largest absolute Gasteiger partial charge is 0.350 e. The van der Waals surface area contributed by atoms with Crippen LogP contribution < -0.4 is 5.32 Å². The molecular weight excluding hydrogens is 234 g/mol. The lowest BCUT2D eigenvalue weighted by molar-refractivity contribution is 0.0944. The van der Waals surface area contributed by atoms with Gasteiger partial charge in [0.2, 0.25) is 0 Å². The minimum absolute atomic E-state index is 0.0104. The second-order valence-electron chi connectivity index (χ2n) is 4.81. The van der Waals surface area contributed by atoms with Crippen LogP contribution in [-0.4, -0.2) is 33.5 Å². The number of carbonyl (C=O) groups is 1. The minimum atomic E-state index is -0.0104. The zero-order chi connectivity index (χ0) is 11.7. The van der Waals surface area contributed by atoms with Crippen LogP contribution in [0.5, 0.6) is 0 Å². The van der Waals surface area contributed by atoms with Crippen LogP contribution in [-0.2, 0) is 13.0 Å². The SMILES string of the molecule is O=C(NCC1CSC1)c1cn2c(n1)CCCC2. The Balaban J connectivity index is 1.62. The van der Waals surface area contributed by atoms with E-state index in [1.54, 1.807) is 0 Å². The van der Waals surface area contributed by atoms with Gasteiger partial charge in [-0.25, -0.2) is 4.98 Å². The molecule has 0 radical (unpaired) electrons. The highest BCUT2D eigenvalue weighted by Crippen LogP contribution is 2.23. The number of thioether (sulfide) groups is 1. The second kappa shape index (κ2) is 4.72. The smallest absolute Gasteiger partial charge is 0.271 e. The van der Waals surface area contributed by atoms with Crippen molar-refractivity contribution in [3.8, 4) is 0 Å². The molecule has 0 saturated carbocycles. The molecule has 0 aliphatic carbocycles. The van der Waals surface area contributed by atoms with Crippen molar-refractivity contribution < 1.29 is 4.79 Å². The fourth-order valence-electron chi connectivity index (χ4n) is 2.25. The first kappa shape index (κ1) is 11.1. The molecule has 1 aromatic heterocycles. The standard InChI is InChI=1S/C12H17N3OS/c16-12(13-5-9-7-17-8-9)10-6-15-4-2-1-3-11(15)14-10/h6,9H,1-5,7-8H2,(H,13,16). The van der Waals surface area contributed by atoms with Crippen LogP contribution in [0.1, 0.15) is 29.2 Å². The first-order valence-electron chi connectivity index (χ1n) is 6.25. The van der Waals surface area contributed by atoms with Crippen molar-refractivity contribution >= 4 is 17.7 Å². The van der Waals surface area contributed by atoms with Crippen molar-refractivity contribution in [2.24, 2.45) is 5.92 Å². The molecular formula is C12H17N3OS. The monoisotopic (exact) mass is 251 g/mol. The lowest BCUT2D eigenvalue weighted by atomic mass is 10.2. The molecule has 0 atom stereocenters. The molecule has 92 valence electrons. The van der Waals surface area contributed by atoms with Gasteiger partial charge in [-0.3, -0.25) is 4.79 Å². The number of nitrogens with one attached hydrogen (secondary N) is 1. The fraction of sp³-hybridized carbons (Fsp3) is 0.667. The lowest BCUT2D eigenvalue weighted by Crippen LogP contribution is -2.35. The molecule has 3 heterocycles. The van der Waals surface area contributed by atoms with Gasteiger partial charge in [0, 0.05) is 25.7 Å². The molecule has 1 saturated heterocycles. The molecule has 1 aromatic rings. The number of hydrogen-bond donors (Lipinski definition) is 1. The highest BCUT2D eigenvalue weighted by atomic mass is 32.2. The summed E-state index contributed by atoms with van der Waals surface area (Å²) >= 11 is 1.94. The van der Waals surface area contributed by atoms with E-state index in [1.807, 2.05) is 18.0 Å². The molecule has 4 nitrogen and oxygen atoms in total. The van der Waals surface area contributed by atoms with Crippen molar-refractivity contribution in [3.05, 3.63) is 17.7 Å². The molecule has 17 heavy (non-hydrogen) atoms. The normalized spacial score (nSPS) is 19.5. The van der Waals surface area contributed by atoms with Gasteiger partial charge in [-0.05, 0) is 30.3 Å². The van der Waals surface area contributed by atoms with E-state index < -0.39 is 0 Å². The van der Waals surface area contributed by atoms with Gasteiger partial charge in [0.1, 0.15) is 11.5 Å². The summed E-state index contributed by atoms with van der Waals surface area (Å²) in [6.07, 6.45) is 5.30. The van der Waals surface area contributed by atoms with Crippen molar-refractivity contribution in [2.75, 3.05) is 18.1 Å². The first-order valence-corrected chi connectivity index (χ1v) is 7.40. The zero-order valence-electron chi connectivity index (χ0n) is 9.82. The van der Waals surface area contributed by atoms with Crippen LogP contribution >= 0.6 is 11.8 Å². The van der Waals surface area contributed by atoms with Gasteiger partial charge >= 0.3 is 0 Å². The average molecular weight is 251 g/mol. The summed E-state index contributed by atoms with van der Waals surface area (Å²) in [5, 5.41) is 2.98. The maximum Gasteiger partial charge on any atom is 0.271 e. The Morgan fingerprint density at radius 3 is 3.12 bits per heavy atom. The third-order valence-electron chi connectivity index (χ3n) is 3.40. The van der Waals surface area contributed by atoms with Gasteiger partial charge in [-0.1, -0.05) is 0 Å². The Bertz CT molecular complexity index is 402. The predicted molar refractivity (Wildman–Crippen MR) is 68.3 cm³/mol. The Hall–Kier alpha value is -0.970. The summed E-state index contributed by atoms with van der Waals surface area (Å²) in [4.78, 5) is 16.3. The Labute approximate surface area is 105 Å². The molecule has 1 amide bonds. The number of hydrogen-bond acceptors (Lipinski definition) is 3. The molecule has 2 aliphatic rings. The van der Waals surface area contributed by atoms with Crippen LogP contribution in [0, 0.1) is 5.92 Å². The number of rotatable bonds is 3. The molecule has 0 aromatic carbocycles. The number of imidazole rings is 1. The van der Waals surface area contributed by atoms with Gasteiger partial charge < -0.3 is 9.88 Å². The molecule has 0 unspecified atom stereocenters. The number of aryl methyl sites for hydroxylation is 2. The van der Waals surface area contributed by atoms with Crippen molar-refractivity contribution in [1.29, 1.82) is 0 Å². The Morgan fingerprint density at radius 2 is 2.41 bits per heavy atom. The van der Waals surface area contributed by atoms with Gasteiger partial charge in [0.25, 0.3) is 5.91 Å². The molecule has 0 bridgehead atoms. The van der Waals surface area contributed by atoms with Gasteiger partial charge in [0.15, 0.2) is 0 Å². The molecule has 2 aliphatic heterocycles. The predicted octanol–water partition coefficient (Wildman–Crippen LogP) is 1.31. The Morgan fingerprint density at radius 1 is 1.53 bits per heavy atom. The van der Waals surface area contributed by atoms with E-state index in [-0.39, 0.29) is 5.91 Å². The third kappa shape index (κ3) is 2.34. The quantitative estimate of drug-likeness (QED) is 0.881. The molecule has 5 heteroatoms. The molecule has 0 spiro atoms. The van der Waals surface area contributed by atoms with E-state index in [0.717, 1.165) is 25.3 Å². The summed E-state index contributed by atoms with van der Waals surface area (Å²) in [5.41, 5.74) is 0.592. The van der Waals surface area contributed by atoms with E-state index in [9.17, 15) is 4.79 Å². The minimum Gasteiger partial charge on any atom is -0.350 e. The van der Waals surface area contributed by atoms with Crippen LogP contribution in [0.25, 0.3) is 0 Å². The van der Waals surface area contributed by atoms with E-state index in [4.69, 9.17) is 0 Å². The van der Waals surface area contributed by atoms with E-state index in [0.29, 0.717) is 11.6 Å². The third-order valence-corrected chi connectivity index (χ3v) is 4.81. The maximum absolute atomic E-state index is 11.9. The van der Waals surface area contributed by atoms with Crippen LogP contribution in [0.3, 0.4) is 0 Å². The summed E-state index contributed by atoms with van der Waals surface area (Å²) in [6.45, 7) is 1.81. The molecule has 1 fully saturated rings. The average Bonchev–Trinajstić information content (AvgIpc) is 2.70. The fourth-order valence-corrected chi connectivity index (χ4v) is 3.06. The molecule has 1 N–H and O–H groups in total. The zero-order valence-corrected chi connectivity index (χ0v) is 10.6. The first-order chi connectivity index (χ1) is 8.33. The van der Waals surface area contributed by atoms with E-state index in [1.165, 1.54) is 24.3 Å². The van der Waals surface area contributed by atoms with Gasteiger partial charge in [-0.15, -0.1) is 0 Å². The van der Waals surface area contributed by atoms with Crippen LogP contribution in [0.4, 0.5) is 0 Å². The van der Waals surface area contributed by atoms with Crippen molar-refractivity contribution in [1.82, 2.24) is 14.9 Å². The van der Waals surface area contributed by atoms with Crippen molar-refractivity contribution in [2.45, 2.75) is 25.8 Å². The topological polar surface area (TPSA) is 46.9 Å². The highest BCUT2D eigenvalue weighted by Gasteiger charge is 2.21. The maximum atomic E-state index is 11.9. The number of nitrogens with zero attached hydrogens (tertiary/aromatic N) is 2. The van der Waals surface area contributed by atoms with Crippen LogP contribution in [0.15, 0.2) is 6.20 Å². The number of amides is 1. The number of carbonyl (C=O) groups excluding carboxylic acids is 1. The number of fused-ring (bicyclic) bond motifs is 1. The van der Waals surface area contributed by atoms with E-state index in [2.05, 4.69) is 14.9 Å². The van der Waals surface area contributed by atoms with Crippen LogP contribution in [0.2, 0.25) is 0 Å². The Kier molecular flexibility index (Phi) is 3.09. The lowest BCUT2D eigenvalue weighted by Gasteiger charge is -2.24. The highest BCUT2D eigenvalue weighted by molar-refractivity contribution is 8.00. The summed E-state index contributed by atoms with van der Waals surface area (Å²) < 4.78 is 2.12. The molecule has 3 rings (SSSR count). The number of aromatic nitrogens is 2. The summed E-state index contributed by atoms with van der Waals surface area (Å²) in [6, 6.07) is 0. The second-order valence-corrected chi connectivity index (χ2v) is 5.88. The summed E-state index contributed by atoms with van der Waals surface area (Å²) in [7, 11) is 0. The van der Waals surface area contributed by atoms with Gasteiger partial charge in [-0.2, -0.15) is 11.8 Å². The van der Waals surface area contributed by atoms with Crippen molar-refractivity contribution in [3.63, 3.8) is 0 Å². The van der Waals surface area contributed by atoms with E-state index >= 15 is 0 Å².